The molecule has 1 rings (SSSR count). The van der Waals surface area contributed by atoms with Crippen LogP contribution in [0.2, 0.25) is 0 Å². The Morgan fingerprint density at radius 3 is 2.47 bits per heavy atom. The lowest BCUT2D eigenvalue weighted by atomic mass is 10.1. The zero-order valence-corrected chi connectivity index (χ0v) is 8.83. The van der Waals surface area contributed by atoms with Gasteiger partial charge in [-0.1, -0.05) is 0 Å². The average Bonchev–Trinajstić information content (AvgIpc) is 2.21. The summed E-state index contributed by atoms with van der Waals surface area (Å²) in [5.41, 5.74) is 0.457. The van der Waals surface area contributed by atoms with Gasteiger partial charge in [-0.2, -0.15) is 0 Å². The topological polar surface area (TPSA) is 40.5 Å². The number of carboxylic acid groups (broad SMARTS) is 1. The Labute approximate surface area is 88.1 Å². The van der Waals surface area contributed by atoms with E-state index in [1.165, 1.54) is 12.1 Å². The first-order valence-corrected chi connectivity index (χ1v) is 4.88. The summed E-state index contributed by atoms with van der Waals surface area (Å²) in [6, 6.07) is 4.15. The first-order chi connectivity index (χ1) is 7.10. The normalized spacial score (nSPS) is 10.1. The van der Waals surface area contributed by atoms with Crippen LogP contribution >= 0.6 is 0 Å². The molecular weight excluding hydrogens is 197 g/mol. The van der Waals surface area contributed by atoms with Crippen molar-refractivity contribution in [1.82, 2.24) is 0 Å². The van der Waals surface area contributed by atoms with Gasteiger partial charge in [0, 0.05) is 18.8 Å². The van der Waals surface area contributed by atoms with E-state index in [2.05, 4.69) is 0 Å². The first-order valence-electron chi connectivity index (χ1n) is 4.88. The predicted octanol–water partition coefficient (Wildman–Crippen LogP) is 2.37. The van der Waals surface area contributed by atoms with Crippen molar-refractivity contribution in [3.63, 3.8) is 0 Å². The van der Waals surface area contributed by atoms with Crippen LogP contribution in [0.5, 0.6) is 0 Å². The van der Waals surface area contributed by atoms with Crippen LogP contribution in [-0.4, -0.2) is 24.2 Å². The number of hydrogen-bond donors (Lipinski definition) is 1. The molecule has 0 aliphatic heterocycles. The Balaban J connectivity index is 3.11. The van der Waals surface area contributed by atoms with Crippen LogP contribution in [0.25, 0.3) is 0 Å². The van der Waals surface area contributed by atoms with Crippen molar-refractivity contribution in [3.8, 4) is 0 Å². The minimum absolute atomic E-state index is 0.278. The van der Waals surface area contributed by atoms with E-state index in [0.717, 1.165) is 18.8 Å². The molecule has 0 amide bonds. The van der Waals surface area contributed by atoms with Gasteiger partial charge in [0.1, 0.15) is 5.82 Å². The maximum atomic E-state index is 13.1. The second kappa shape index (κ2) is 4.77. The molecule has 0 aromatic heterocycles. The number of carboxylic acids is 1. The Morgan fingerprint density at radius 1 is 1.40 bits per heavy atom. The number of aromatic carboxylic acids is 1. The van der Waals surface area contributed by atoms with E-state index in [9.17, 15) is 9.18 Å². The van der Waals surface area contributed by atoms with Gasteiger partial charge in [-0.3, -0.25) is 0 Å². The van der Waals surface area contributed by atoms with Crippen LogP contribution in [0.15, 0.2) is 18.2 Å². The number of halogens is 1. The zero-order valence-electron chi connectivity index (χ0n) is 8.83. The summed E-state index contributed by atoms with van der Waals surface area (Å²) in [6.07, 6.45) is 0. The van der Waals surface area contributed by atoms with E-state index in [-0.39, 0.29) is 5.56 Å². The van der Waals surface area contributed by atoms with Crippen LogP contribution in [0, 0.1) is 5.82 Å². The van der Waals surface area contributed by atoms with Crippen molar-refractivity contribution < 1.29 is 14.3 Å². The molecule has 1 aromatic rings. The maximum absolute atomic E-state index is 13.1. The van der Waals surface area contributed by atoms with E-state index in [1.54, 1.807) is 6.07 Å². The molecule has 1 N–H and O–H groups in total. The van der Waals surface area contributed by atoms with E-state index >= 15 is 0 Å². The third kappa shape index (κ3) is 2.46. The van der Waals surface area contributed by atoms with Crippen LogP contribution in [0.4, 0.5) is 10.1 Å². The molecule has 0 bridgehead atoms. The van der Waals surface area contributed by atoms with Gasteiger partial charge in [-0.15, -0.1) is 0 Å². The molecule has 15 heavy (non-hydrogen) atoms. The molecule has 82 valence electrons. The molecular formula is C11H14FNO2. The maximum Gasteiger partial charge on any atom is 0.338 e. The molecule has 0 fully saturated rings. The second-order valence-electron chi connectivity index (χ2n) is 3.14. The predicted molar refractivity (Wildman–Crippen MR) is 56.9 cm³/mol. The summed E-state index contributed by atoms with van der Waals surface area (Å²) >= 11 is 0. The van der Waals surface area contributed by atoms with Crippen molar-refractivity contribution in [1.29, 1.82) is 0 Å². The van der Waals surface area contributed by atoms with Gasteiger partial charge in [0.15, 0.2) is 0 Å². The summed E-state index contributed by atoms with van der Waals surface area (Å²) < 4.78 is 13.1. The lowest BCUT2D eigenvalue weighted by Crippen LogP contribution is -2.22. The SMILES string of the molecule is CCN(CC)c1ccc(F)c(C(=O)O)c1. The monoisotopic (exact) mass is 211 g/mol. The van der Waals surface area contributed by atoms with Crippen molar-refractivity contribution >= 4 is 11.7 Å². The quantitative estimate of drug-likeness (QED) is 0.831. The van der Waals surface area contributed by atoms with E-state index in [4.69, 9.17) is 5.11 Å². The average molecular weight is 211 g/mol. The molecule has 1 aromatic carbocycles. The molecule has 0 unspecified atom stereocenters. The van der Waals surface area contributed by atoms with Crippen LogP contribution in [0.3, 0.4) is 0 Å². The summed E-state index contributed by atoms with van der Waals surface area (Å²) in [5, 5.41) is 8.76. The zero-order chi connectivity index (χ0) is 11.4. The number of carbonyl (C=O) groups is 1. The molecule has 0 spiro atoms. The third-order valence-electron chi connectivity index (χ3n) is 2.31. The number of hydrogen-bond acceptors (Lipinski definition) is 2. The van der Waals surface area contributed by atoms with Gasteiger partial charge in [0.05, 0.1) is 5.56 Å². The fraction of sp³-hybridized carbons (Fsp3) is 0.364. The summed E-state index contributed by atoms with van der Waals surface area (Å²) in [7, 11) is 0. The van der Waals surface area contributed by atoms with Crippen molar-refractivity contribution in [2.45, 2.75) is 13.8 Å². The fourth-order valence-electron chi connectivity index (χ4n) is 1.46. The highest BCUT2D eigenvalue weighted by molar-refractivity contribution is 5.89. The summed E-state index contributed by atoms with van der Waals surface area (Å²) in [5.74, 6) is -1.93. The van der Waals surface area contributed by atoms with Gasteiger partial charge in [0.2, 0.25) is 0 Å². The van der Waals surface area contributed by atoms with Crippen molar-refractivity contribution in [3.05, 3.63) is 29.6 Å². The van der Waals surface area contributed by atoms with Crippen molar-refractivity contribution in [2.24, 2.45) is 0 Å². The van der Waals surface area contributed by atoms with E-state index in [0.29, 0.717) is 0 Å². The highest BCUT2D eigenvalue weighted by atomic mass is 19.1. The molecule has 0 atom stereocenters. The summed E-state index contributed by atoms with van der Waals surface area (Å²) in [4.78, 5) is 12.7. The Bertz CT molecular complexity index is 362. The van der Waals surface area contributed by atoms with Gasteiger partial charge in [-0.25, -0.2) is 9.18 Å². The van der Waals surface area contributed by atoms with Gasteiger partial charge in [-0.05, 0) is 32.0 Å². The smallest absolute Gasteiger partial charge is 0.338 e. The van der Waals surface area contributed by atoms with E-state index < -0.39 is 11.8 Å². The molecule has 4 heteroatoms. The molecule has 0 heterocycles. The van der Waals surface area contributed by atoms with Gasteiger partial charge in [0.25, 0.3) is 0 Å². The lowest BCUT2D eigenvalue weighted by molar-refractivity contribution is 0.0692. The van der Waals surface area contributed by atoms with Gasteiger partial charge < -0.3 is 10.0 Å². The van der Waals surface area contributed by atoms with Crippen molar-refractivity contribution in [2.75, 3.05) is 18.0 Å². The first kappa shape index (κ1) is 11.5. The number of nitrogens with zero attached hydrogens (tertiary/aromatic N) is 1. The Morgan fingerprint density at radius 2 is 2.00 bits per heavy atom. The summed E-state index contributed by atoms with van der Waals surface area (Å²) in [6.45, 7) is 5.46. The van der Waals surface area contributed by atoms with Crippen LogP contribution < -0.4 is 4.90 Å². The second-order valence-corrected chi connectivity index (χ2v) is 3.14. The third-order valence-corrected chi connectivity index (χ3v) is 2.31. The lowest BCUT2D eigenvalue weighted by Gasteiger charge is -2.21. The number of rotatable bonds is 4. The van der Waals surface area contributed by atoms with Crippen LogP contribution in [-0.2, 0) is 0 Å². The largest absolute Gasteiger partial charge is 0.478 e. The highest BCUT2D eigenvalue weighted by Crippen LogP contribution is 2.18. The Hall–Kier alpha value is -1.58. The molecule has 0 aliphatic carbocycles. The molecule has 0 saturated carbocycles. The molecule has 0 aliphatic rings. The van der Waals surface area contributed by atoms with Crippen LogP contribution in [0.1, 0.15) is 24.2 Å². The minimum atomic E-state index is -1.23. The number of benzene rings is 1. The van der Waals surface area contributed by atoms with E-state index in [1.807, 2.05) is 18.7 Å². The number of anilines is 1. The fourth-order valence-corrected chi connectivity index (χ4v) is 1.46. The molecule has 0 saturated heterocycles. The standard InChI is InChI=1S/C11H14FNO2/c1-3-13(4-2)8-5-6-10(12)9(7-8)11(14)15/h5-7H,3-4H2,1-2H3,(H,14,15). The molecule has 0 radical (unpaired) electrons. The molecule has 3 nitrogen and oxygen atoms in total. The van der Waals surface area contributed by atoms with Gasteiger partial charge >= 0.3 is 5.97 Å². The highest BCUT2D eigenvalue weighted by Gasteiger charge is 2.12. The Kier molecular flexibility index (Phi) is 3.66. The minimum Gasteiger partial charge on any atom is -0.478 e.